The minimum Gasteiger partial charge on any atom is -0.410 e. The third-order valence-electron chi connectivity index (χ3n) is 10.7. The highest BCUT2D eigenvalue weighted by atomic mass is 28.4. The lowest BCUT2D eigenvalue weighted by Crippen LogP contribution is -2.55. The summed E-state index contributed by atoms with van der Waals surface area (Å²) in [5.74, 6) is 0.380. The molecular formula is C28H50O2Si. The highest BCUT2D eigenvalue weighted by Gasteiger charge is 2.57. The Labute approximate surface area is 194 Å². The van der Waals surface area contributed by atoms with E-state index in [1.807, 2.05) is 0 Å². The van der Waals surface area contributed by atoms with E-state index in [0.29, 0.717) is 11.5 Å². The first-order chi connectivity index (χ1) is 14.3. The lowest BCUT2D eigenvalue weighted by molar-refractivity contribution is -0.0433. The van der Waals surface area contributed by atoms with Crippen molar-refractivity contribution >= 4 is 8.32 Å². The van der Waals surface area contributed by atoms with Crippen LogP contribution < -0.4 is 0 Å². The van der Waals surface area contributed by atoms with Gasteiger partial charge in [0.2, 0.25) is 0 Å². The molecule has 2 bridgehead atoms. The van der Waals surface area contributed by atoms with Crippen molar-refractivity contribution in [1.29, 1.82) is 0 Å². The van der Waals surface area contributed by atoms with Crippen LogP contribution in [0.15, 0.2) is 23.3 Å². The maximum Gasteiger partial charge on any atom is 0.195 e. The van der Waals surface area contributed by atoms with Gasteiger partial charge in [-0.25, -0.2) is 0 Å². The van der Waals surface area contributed by atoms with Crippen LogP contribution in [0, 0.1) is 22.2 Å². The van der Waals surface area contributed by atoms with E-state index in [4.69, 9.17) is 4.43 Å². The maximum atomic E-state index is 10.7. The van der Waals surface area contributed by atoms with Gasteiger partial charge in [-0.15, -0.1) is 0 Å². The number of fused-ring (bicyclic) bond motifs is 3. The third-order valence-corrected chi connectivity index (χ3v) is 15.9. The normalized spacial score (nSPS) is 38.7. The van der Waals surface area contributed by atoms with Crippen LogP contribution >= 0.6 is 0 Å². The lowest BCUT2D eigenvalue weighted by Gasteiger charge is -2.60. The molecule has 2 fully saturated rings. The second kappa shape index (κ2) is 8.44. The molecule has 3 heteroatoms. The predicted octanol–water partition coefficient (Wildman–Crippen LogP) is 8.04. The molecule has 0 aliphatic heterocycles. The summed E-state index contributed by atoms with van der Waals surface area (Å²) in [6.45, 7) is 26.3. The van der Waals surface area contributed by atoms with E-state index in [0.717, 1.165) is 31.3 Å². The number of aliphatic hydroxyl groups is 1. The number of rotatable bonds is 5. The van der Waals surface area contributed by atoms with Gasteiger partial charge in [0, 0.05) is 0 Å². The topological polar surface area (TPSA) is 29.5 Å². The van der Waals surface area contributed by atoms with E-state index in [9.17, 15) is 5.11 Å². The molecule has 1 N–H and O–H groups in total. The van der Waals surface area contributed by atoms with Crippen LogP contribution in [0.3, 0.4) is 0 Å². The van der Waals surface area contributed by atoms with Crippen LogP contribution in [0.2, 0.25) is 17.6 Å². The Morgan fingerprint density at radius 2 is 1.71 bits per heavy atom. The minimum absolute atomic E-state index is 0.0998. The van der Waals surface area contributed by atoms with E-state index in [-0.39, 0.29) is 28.5 Å². The Morgan fingerprint density at radius 3 is 2.26 bits per heavy atom. The summed E-state index contributed by atoms with van der Waals surface area (Å²) >= 11 is 0. The fourth-order valence-corrected chi connectivity index (χ4v) is 11.2. The number of aliphatic hydroxyl groups excluding tert-OH is 1. The molecule has 0 saturated heterocycles. The summed E-state index contributed by atoms with van der Waals surface area (Å²) in [4.78, 5) is 0. The summed E-state index contributed by atoms with van der Waals surface area (Å²) in [5, 5.41) is 10.7. The molecule has 0 unspecified atom stereocenters. The first-order valence-corrected chi connectivity index (χ1v) is 15.4. The molecule has 0 aromatic carbocycles. The maximum absolute atomic E-state index is 10.7. The van der Waals surface area contributed by atoms with E-state index >= 15 is 0 Å². The van der Waals surface area contributed by atoms with Crippen LogP contribution in [0.4, 0.5) is 0 Å². The molecule has 3 aliphatic rings. The Balaban J connectivity index is 2.17. The van der Waals surface area contributed by atoms with Crippen molar-refractivity contribution in [3.8, 4) is 0 Å². The van der Waals surface area contributed by atoms with Crippen molar-refractivity contribution in [1.82, 2.24) is 0 Å². The van der Waals surface area contributed by atoms with Crippen LogP contribution in [0.5, 0.6) is 0 Å². The average molecular weight is 447 g/mol. The highest BCUT2D eigenvalue weighted by Crippen LogP contribution is 2.64. The van der Waals surface area contributed by atoms with Crippen LogP contribution in [0.25, 0.3) is 0 Å². The van der Waals surface area contributed by atoms with E-state index in [1.54, 1.807) is 11.1 Å². The van der Waals surface area contributed by atoms with E-state index in [2.05, 4.69) is 68.9 Å². The quantitative estimate of drug-likeness (QED) is 0.342. The molecule has 0 aromatic rings. The summed E-state index contributed by atoms with van der Waals surface area (Å²) in [7, 11) is -1.85. The molecule has 0 heterocycles. The fraction of sp³-hybridized carbons (Fsp3) is 0.857. The lowest BCUT2D eigenvalue weighted by atomic mass is 9.46. The first-order valence-electron chi connectivity index (χ1n) is 13.0. The molecule has 0 radical (unpaired) electrons. The zero-order valence-corrected chi connectivity index (χ0v) is 23.0. The Kier molecular flexibility index (Phi) is 6.87. The van der Waals surface area contributed by atoms with Crippen molar-refractivity contribution in [2.75, 3.05) is 0 Å². The monoisotopic (exact) mass is 446 g/mol. The predicted molar refractivity (Wildman–Crippen MR) is 136 cm³/mol. The third kappa shape index (κ3) is 3.95. The van der Waals surface area contributed by atoms with Gasteiger partial charge in [-0.2, -0.15) is 0 Å². The Hall–Kier alpha value is -0.383. The summed E-state index contributed by atoms with van der Waals surface area (Å²) in [6, 6.07) is 2.38. The van der Waals surface area contributed by atoms with Gasteiger partial charge in [0.05, 0.1) is 12.2 Å². The van der Waals surface area contributed by atoms with Crippen LogP contribution in [-0.2, 0) is 4.43 Å². The molecule has 3 rings (SSSR count). The van der Waals surface area contributed by atoms with E-state index < -0.39 is 8.32 Å². The number of allylic oxidation sites excluding steroid dienone is 1. The Morgan fingerprint density at radius 1 is 1.10 bits per heavy atom. The summed E-state index contributed by atoms with van der Waals surface area (Å²) in [5.41, 5.74) is 5.38. The summed E-state index contributed by atoms with van der Waals surface area (Å²) in [6.07, 6.45) is 6.44. The molecule has 178 valence electrons. The van der Waals surface area contributed by atoms with Gasteiger partial charge >= 0.3 is 0 Å². The van der Waals surface area contributed by atoms with E-state index in [1.165, 1.54) is 24.9 Å². The molecule has 3 aliphatic carbocycles. The SMILES string of the molecule is C=C1[C@H]2C[C@]3(C)CCC(C)=C([C@@H](O[Si](CC)(CC)C(C)C)C[C@]2(C)CC[C@@H]1O)C3(C)C. The zero-order chi connectivity index (χ0) is 23.4. The Bertz CT molecular complexity index is 731. The molecule has 5 atom stereocenters. The van der Waals surface area contributed by atoms with Crippen molar-refractivity contribution in [2.45, 2.75) is 131 Å². The second-order valence-corrected chi connectivity index (χ2v) is 17.6. The van der Waals surface area contributed by atoms with Crippen molar-refractivity contribution < 1.29 is 9.53 Å². The molecular weight excluding hydrogens is 396 g/mol. The fourth-order valence-electron chi connectivity index (χ4n) is 7.66. The number of hydrogen-bond donors (Lipinski definition) is 1. The first kappa shape index (κ1) is 25.2. The summed E-state index contributed by atoms with van der Waals surface area (Å²) < 4.78 is 7.48. The largest absolute Gasteiger partial charge is 0.410 e. The van der Waals surface area contributed by atoms with Gasteiger partial charge in [-0.3, -0.25) is 0 Å². The second-order valence-electron chi connectivity index (χ2n) is 12.7. The van der Waals surface area contributed by atoms with Gasteiger partial charge in [0.1, 0.15) is 0 Å². The number of hydrogen-bond acceptors (Lipinski definition) is 2. The van der Waals surface area contributed by atoms with Gasteiger partial charge in [0.15, 0.2) is 8.32 Å². The zero-order valence-electron chi connectivity index (χ0n) is 22.0. The van der Waals surface area contributed by atoms with Gasteiger partial charge in [-0.05, 0) is 96.4 Å². The minimum atomic E-state index is -1.85. The van der Waals surface area contributed by atoms with Gasteiger partial charge < -0.3 is 9.53 Å². The van der Waals surface area contributed by atoms with Crippen LogP contribution in [-0.4, -0.2) is 25.6 Å². The average Bonchev–Trinajstić information content (AvgIpc) is 2.69. The highest BCUT2D eigenvalue weighted by molar-refractivity contribution is 6.75. The van der Waals surface area contributed by atoms with Crippen molar-refractivity contribution in [3.63, 3.8) is 0 Å². The van der Waals surface area contributed by atoms with Gasteiger partial charge in [-0.1, -0.05) is 67.5 Å². The van der Waals surface area contributed by atoms with Gasteiger partial charge in [0.25, 0.3) is 0 Å². The standard InChI is InChI=1S/C28H50O2Si/c1-11-31(12-2,19(3)4)30-24-18-27(9)15-14-23(29)21(6)22(27)17-28(10)16-13-20(5)25(24)26(28,7)8/h19,22-24,29H,6,11-18H2,1-5,7-10H3/t22-,23+,24+,27+,28+/m1/s1. The van der Waals surface area contributed by atoms with Crippen molar-refractivity contribution in [3.05, 3.63) is 23.3 Å². The molecule has 0 spiro atoms. The molecule has 0 amide bonds. The smallest absolute Gasteiger partial charge is 0.195 e. The molecule has 2 nitrogen and oxygen atoms in total. The molecule has 31 heavy (non-hydrogen) atoms. The molecule has 2 saturated carbocycles. The van der Waals surface area contributed by atoms with Crippen molar-refractivity contribution in [2.24, 2.45) is 22.2 Å². The molecule has 0 aromatic heterocycles. The van der Waals surface area contributed by atoms with Crippen LogP contribution in [0.1, 0.15) is 101 Å².